The van der Waals surface area contributed by atoms with Gasteiger partial charge in [0.15, 0.2) is 0 Å². The van der Waals surface area contributed by atoms with Gasteiger partial charge in [-0.1, -0.05) is 32.4 Å². The maximum absolute atomic E-state index is 10.9. The van der Waals surface area contributed by atoms with Gasteiger partial charge in [-0.05, 0) is 12.8 Å². The third kappa shape index (κ3) is 7.32. The molecule has 0 aromatic heterocycles. The van der Waals surface area contributed by atoms with Gasteiger partial charge in [0.2, 0.25) is 0 Å². The first-order chi connectivity index (χ1) is 5.81. The lowest BCUT2D eigenvalue weighted by atomic mass is 10.2. The quantitative estimate of drug-likeness (QED) is 0.452. The summed E-state index contributed by atoms with van der Waals surface area (Å²) in [6.07, 6.45) is 7.39. The number of carbonyl (C=O) groups excluding carboxylic acids is 1. The van der Waals surface area contributed by atoms with E-state index in [1.165, 1.54) is 0 Å². The predicted octanol–water partition coefficient (Wildman–Crippen LogP) is 2.69. The molecule has 2 nitrogen and oxygen atoms in total. The Hall–Kier alpha value is -0.790. The van der Waals surface area contributed by atoms with Crippen LogP contribution in [0, 0.1) is 0 Å². The Balaban J connectivity index is 3.25. The van der Waals surface area contributed by atoms with Gasteiger partial charge in [-0.15, -0.1) is 0 Å². The maximum Gasteiger partial charge on any atom is 0.306 e. The summed E-state index contributed by atoms with van der Waals surface area (Å²) >= 11 is 0. The number of hydrogen-bond acceptors (Lipinski definition) is 2. The number of esters is 1. The molecule has 0 amide bonds. The van der Waals surface area contributed by atoms with Crippen molar-refractivity contribution in [3.63, 3.8) is 0 Å². The molecular weight excluding hydrogens is 152 g/mol. The van der Waals surface area contributed by atoms with Crippen LogP contribution in [0.3, 0.4) is 0 Å². The van der Waals surface area contributed by atoms with Gasteiger partial charge >= 0.3 is 5.97 Å². The Morgan fingerprint density at radius 1 is 1.33 bits per heavy atom. The van der Waals surface area contributed by atoms with E-state index < -0.39 is 0 Å². The number of hydrogen-bond donors (Lipinski definition) is 0. The highest BCUT2D eigenvalue weighted by Crippen LogP contribution is 1.96. The molecule has 0 radical (unpaired) electrons. The van der Waals surface area contributed by atoms with Crippen LogP contribution in [-0.2, 0) is 9.53 Å². The van der Waals surface area contributed by atoms with Gasteiger partial charge in [-0.3, -0.25) is 4.79 Å². The number of ether oxygens (including phenoxy) is 1. The molecule has 0 aromatic rings. The van der Waals surface area contributed by atoms with Gasteiger partial charge < -0.3 is 4.74 Å². The molecule has 0 saturated heterocycles. The zero-order chi connectivity index (χ0) is 9.23. The van der Waals surface area contributed by atoms with Crippen molar-refractivity contribution < 1.29 is 9.53 Å². The van der Waals surface area contributed by atoms with E-state index >= 15 is 0 Å². The summed E-state index contributed by atoms with van der Waals surface area (Å²) in [5.41, 5.74) is 0. The monoisotopic (exact) mass is 170 g/mol. The first kappa shape index (κ1) is 11.2. The minimum Gasteiger partial charge on any atom is -0.461 e. The maximum atomic E-state index is 10.9. The lowest BCUT2D eigenvalue weighted by Gasteiger charge is -1.99. The van der Waals surface area contributed by atoms with Crippen LogP contribution in [0.25, 0.3) is 0 Å². The summed E-state index contributed by atoms with van der Waals surface area (Å²) in [4.78, 5) is 10.9. The van der Waals surface area contributed by atoms with Crippen molar-refractivity contribution in [3.8, 4) is 0 Å². The molecule has 12 heavy (non-hydrogen) atoms. The predicted molar refractivity (Wildman–Crippen MR) is 49.9 cm³/mol. The standard InChI is InChI=1S/C10H18O2/c1-3-5-7-9-12-10(11)8-6-4-2/h5,7H,3-4,6,8-9H2,1-2H3/b7-5-. The Labute approximate surface area is 74.6 Å². The van der Waals surface area contributed by atoms with Crippen molar-refractivity contribution in [3.05, 3.63) is 12.2 Å². The molecule has 0 N–H and O–H groups in total. The lowest BCUT2D eigenvalue weighted by molar-refractivity contribution is -0.142. The van der Waals surface area contributed by atoms with Gasteiger partial charge in [-0.2, -0.15) is 0 Å². The van der Waals surface area contributed by atoms with Crippen LogP contribution in [0.5, 0.6) is 0 Å². The number of allylic oxidation sites excluding steroid dienone is 1. The zero-order valence-corrected chi connectivity index (χ0v) is 8.01. The molecule has 0 saturated carbocycles. The SMILES string of the molecule is CC/C=C\COC(=O)CCCC. The minimum atomic E-state index is -0.0856. The van der Waals surface area contributed by atoms with E-state index in [0.29, 0.717) is 13.0 Å². The van der Waals surface area contributed by atoms with Crippen LogP contribution in [0.4, 0.5) is 0 Å². The molecular formula is C10H18O2. The van der Waals surface area contributed by atoms with Crippen molar-refractivity contribution in [1.82, 2.24) is 0 Å². The molecule has 0 heterocycles. The minimum absolute atomic E-state index is 0.0856. The Bertz CT molecular complexity index is 139. The number of rotatable bonds is 6. The topological polar surface area (TPSA) is 26.3 Å². The van der Waals surface area contributed by atoms with E-state index in [2.05, 4.69) is 13.8 Å². The highest BCUT2D eigenvalue weighted by atomic mass is 16.5. The van der Waals surface area contributed by atoms with Crippen LogP contribution in [0.15, 0.2) is 12.2 Å². The average molecular weight is 170 g/mol. The molecule has 0 aromatic carbocycles. The number of unbranched alkanes of at least 4 members (excludes halogenated alkanes) is 1. The third-order valence-electron chi connectivity index (χ3n) is 1.48. The molecule has 2 heteroatoms. The molecule has 70 valence electrons. The fourth-order valence-corrected chi connectivity index (χ4v) is 0.769. The second kappa shape index (κ2) is 8.31. The smallest absolute Gasteiger partial charge is 0.306 e. The van der Waals surface area contributed by atoms with Crippen LogP contribution in [0.2, 0.25) is 0 Å². The summed E-state index contributed by atoms with van der Waals surface area (Å²) in [7, 11) is 0. The van der Waals surface area contributed by atoms with Crippen LogP contribution < -0.4 is 0 Å². The molecule has 0 aliphatic carbocycles. The molecule has 0 spiro atoms. The Kier molecular flexibility index (Phi) is 7.76. The van der Waals surface area contributed by atoms with Crippen LogP contribution >= 0.6 is 0 Å². The van der Waals surface area contributed by atoms with Crippen molar-refractivity contribution in [1.29, 1.82) is 0 Å². The fourth-order valence-electron chi connectivity index (χ4n) is 0.769. The Morgan fingerprint density at radius 3 is 2.67 bits per heavy atom. The molecule has 0 rings (SSSR count). The molecule has 0 bridgehead atoms. The normalized spacial score (nSPS) is 10.5. The van der Waals surface area contributed by atoms with Gasteiger partial charge in [0.05, 0.1) is 0 Å². The largest absolute Gasteiger partial charge is 0.461 e. The molecule has 0 fully saturated rings. The Morgan fingerprint density at radius 2 is 2.08 bits per heavy atom. The van der Waals surface area contributed by atoms with Gasteiger partial charge in [0.1, 0.15) is 6.61 Å². The second-order valence-corrected chi connectivity index (χ2v) is 2.67. The van der Waals surface area contributed by atoms with Gasteiger partial charge in [0.25, 0.3) is 0 Å². The summed E-state index contributed by atoms with van der Waals surface area (Å²) in [5.74, 6) is -0.0856. The summed E-state index contributed by atoms with van der Waals surface area (Å²) in [6.45, 7) is 4.54. The number of carbonyl (C=O) groups is 1. The van der Waals surface area contributed by atoms with E-state index in [9.17, 15) is 4.79 Å². The molecule has 0 unspecified atom stereocenters. The second-order valence-electron chi connectivity index (χ2n) is 2.67. The van der Waals surface area contributed by atoms with Crippen molar-refractivity contribution >= 4 is 5.97 Å². The highest BCUT2D eigenvalue weighted by molar-refractivity contribution is 5.69. The zero-order valence-electron chi connectivity index (χ0n) is 8.01. The van der Waals surface area contributed by atoms with E-state index in [4.69, 9.17) is 4.74 Å². The third-order valence-corrected chi connectivity index (χ3v) is 1.48. The lowest BCUT2D eigenvalue weighted by Crippen LogP contribution is -2.03. The first-order valence-corrected chi connectivity index (χ1v) is 4.61. The van der Waals surface area contributed by atoms with Gasteiger partial charge in [0, 0.05) is 6.42 Å². The summed E-state index contributed by atoms with van der Waals surface area (Å²) < 4.78 is 4.92. The average Bonchev–Trinajstić information content (AvgIpc) is 2.09. The van der Waals surface area contributed by atoms with Gasteiger partial charge in [-0.25, -0.2) is 0 Å². The summed E-state index contributed by atoms with van der Waals surface area (Å²) in [6, 6.07) is 0. The van der Waals surface area contributed by atoms with Crippen LogP contribution in [0.1, 0.15) is 39.5 Å². The fraction of sp³-hybridized carbons (Fsp3) is 0.700. The molecule has 0 atom stereocenters. The van der Waals surface area contributed by atoms with E-state index in [1.807, 2.05) is 12.2 Å². The van der Waals surface area contributed by atoms with Crippen molar-refractivity contribution in [2.45, 2.75) is 39.5 Å². The van der Waals surface area contributed by atoms with E-state index in [1.54, 1.807) is 0 Å². The van der Waals surface area contributed by atoms with Crippen LogP contribution in [-0.4, -0.2) is 12.6 Å². The van der Waals surface area contributed by atoms with Crippen molar-refractivity contribution in [2.24, 2.45) is 0 Å². The highest BCUT2D eigenvalue weighted by Gasteiger charge is 1.98. The van der Waals surface area contributed by atoms with E-state index in [0.717, 1.165) is 19.3 Å². The molecule has 0 aliphatic heterocycles. The van der Waals surface area contributed by atoms with Crippen molar-refractivity contribution in [2.75, 3.05) is 6.61 Å². The first-order valence-electron chi connectivity index (χ1n) is 4.61. The molecule has 0 aliphatic rings. The van der Waals surface area contributed by atoms with E-state index in [-0.39, 0.29) is 5.97 Å². The summed E-state index contributed by atoms with van der Waals surface area (Å²) in [5, 5.41) is 0.